The van der Waals surface area contributed by atoms with E-state index >= 15 is 0 Å². The van der Waals surface area contributed by atoms with E-state index in [-0.39, 0.29) is 24.2 Å². The average Bonchev–Trinajstić information content (AvgIpc) is 3.44. The molecule has 0 radical (unpaired) electrons. The molecule has 0 saturated carbocycles. The van der Waals surface area contributed by atoms with Gasteiger partial charge in [0.2, 0.25) is 0 Å². The standard InChI is InChI=1S/C29H32N4O3S/c1-18(2)35-25-12-11-22(13-19(25)3)27-23(17-33(31-27)24-9-7-6-8-10-24)14-26-28(34)30-29(37-26)32-15-20(4)36-21(5)16-32/h6-14,17-18,20-21H,15-16H2,1-5H3/b26-14+. The molecule has 5 rings (SSSR count). The van der Waals surface area contributed by atoms with E-state index in [9.17, 15) is 4.79 Å². The molecule has 0 aliphatic carbocycles. The Hall–Kier alpha value is -3.36. The van der Waals surface area contributed by atoms with Crippen molar-refractivity contribution in [3.05, 3.63) is 70.8 Å². The minimum atomic E-state index is -0.220. The zero-order valence-corrected chi connectivity index (χ0v) is 22.7. The van der Waals surface area contributed by atoms with Crippen LogP contribution in [0.15, 0.2) is 64.6 Å². The van der Waals surface area contributed by atoms with E-state index < -0.39 is 0 Å². The quantitative estimate of drug-likeness (QED) is 0.405. The van der Waals surface area contributed by atoms with Gasteiger partial charge in [-0.3, -0.25) is 4.79 Å². The number of aromatic nitrogens is 2. The lowest BCUT2D eigenvalue weighted by molar-refractivity contribution is -0.113. The molecule has 3 aromatic rings. The highest BCUT2D eigenvalue weighted by Gasteiger charge is 2.31. The lowest BCUT2D eigenvalue weighted by Crippen LogP contribution is -2.47. The van der Waals surface area contributed by atoms with Crippen LogP contribution in [0.3, 0.4) is 0 Å². The van der Waals surface area contributed by atoms with Gasteiger partial charge in [-0.25, -0.2) is 4.68 Å². The monoisotopic (exact) mass is 516 g/mol. The van der Waals surface area contributed by atoms with E-state index in [1.165, 1.54) is 11.8 Å². The zero-order valence-electron chi connectivity index (χ0n) is 21.8. The molecule has 7 nitrogen and oxygen atoms in total. The molecule has 2 atom stereocenters. The van der Waals surface area contributed by atoms with Crippen molar-refractivity contribution in [3.8, 4) is 22.7 Å². The minimum absolute atomic E-state index is 0.0942. The Morgan fingerprint density at radius 2 is 1.84 bits per heavy atom. The van der Waals surface area contributed by atoms with Gasteiger partial charge in [-0.05, 0) is 88.4 Å². The number of carbonyl (C=O) groups is 1. The molecule has 0 N–H and O–H groups in total. The normalized spacial score (nSPS) is 21.1. The third kappa shape index (κ3) is 5.65. The SMILES string of the molecule is Cc1cc(-c2nn(-c3ccccc3)cc2/C=C2/SC(N3CC(C)OC(C)C3)=NC2=O)ccc1OC(C)C. The number of ether oxygens (including phenoxy) is 2. The number of amidine groups is 1. The molecule has 192 valence electrons. The fourth-order valence-electron chi connectivity index (χ4n) is 4.62. The van der Waals surface area contributed by atoms with Crippen molar-refractivity contribution >= 4 is 28.9 Å². The molecule has 0 bridgehead atoms. The van der Waals surface area contributed by atoms with Gasteiger partial charge in [0.15, 0.2) is 5.17 Å². The number of benzene rings is 2. The van der Waals surface area contributed by atoms with Gasteiger partial charge >= 0.3 is 0 Å². The van der Waals surface area contributed by atoms with Gasteiger partial charge in [-0.1, -0.05) is 18.2 Å². The first-order chi connectivity index (χ1) is 17.8. The summed E-state index contributed by atoms with van der Waals surface area (Å²) >= 11 is 1.42. The first-order valence-corrected chi connectivity index (χ1v) is 13.4. The van der Waals surface area contributed by atoms with Crippen LogP contribution in [0.4, 0.5) is 0 Å². The van der Waals surface area contributed by atoms with Crippen LogP contribution in [0.25, 0.3) is 23.0 Å². The number of para-hydroxylation sites is 1. The highest BCUT2D eigenvalue weighted by Crippen LogP contribution is 2.35. The summed E-state index contributed by atoms with van der Waals surface area (Å²) in [4.78, 5) is 20.1. The van der Waals surface area contributed by atoms with Crippen LogP contribution in [-0.4, -0.2) is 57.2 Å². The van der Waals surface area contributed by atoms with Crippen molar-refractivity contribution in [1.29, 1.82) is 0 Å². The summed E-state index contributed by atoms with van der Waals surface area (Å²) in [6.45, 7) is 11.6. The van der Waals surface area contributed by atoms with Crippen molar-refractivity contribution in [2.24, 2.45) is 4.99 Å². The molecule has 0 spiro atoms. The molecule has 3 heterocycles. The number of aliphatic imine (C=N–C) groups is 1. The molecule has 1 saturated heterocycles. The van der Waals surface area contributed by atoms with Crippen molar-refractivity contribution in [2.75, 3.05) is 13.1 Å². The number of nitrogens with zero attached hydrogens (tertiary/aromatic N) is 4. The first kappa shape index (κ1) is 25.3. The predicted octanol–water partition coefficient (Wildman–Crippen LogP) is 5.71. The van der Waals surface area contributed by atoms with E-state index in [1.54, 1.807) is 0 Å². The summed E-state index contributed by atoms with van der Waals surface area (Å²) < 4.78 is 13.6. The Balaban J connectivity index is 1.50. The maximum atomic E-state index is 12.9. The molecular formula is C29H32N4O3S. The van der Waals surface area contributed by atoms with Crippen LogP contribution in [-0.2, 0) is 9.53 Å². The second kappa shape index (κ2) is 10.6. The second-order valence-corrected chi connectivity index (χ2v) is 10.8. The molecule has 1 fully saturated rings. The van der Waals surface area contributed by atoms with Crippen molar-refractivity contribution < 1.29 is 14.3 Å². The smallest absolute Gasteiger partial charge is 0.286 e. The molecule has 8 heteroatoms. The third-order valence-electron chi connectivity index (χ3n) is 6.16. The number of thioether (sulfide) groups is 1. The molecule has 2 aliphatic rings. The topological polar surface area (TPSA) is 69.0 Å². The van der Waals surface area contributed by atoms with Crippen LogP contribution in [0.2, 0.25) is 0 Å². The van der Waals surface area contributed by atoms with Gasteiger partial charge in [-0.2, -0.15) is 10.1 Å². The minimum Gasteiger partial charge on any atom is -0.491 e. The van der Waals surface area contributed by atoms with E-state index in [0.29, 0.717) is 4.91 Å². The lowest BCUT2D eigenvalue weighted by Gasteiger charge is -2.35. The number of amides is 1. The summed E-state index contributed by atoms with van der Waals surface area (Å²) in [5, 5.41) is 5.66. The number of hydrogen-bond donors (Lipinski definition) is 0. The summed E-state index contributed by atoms with van der Waals surface area (Å²) in [6, 6.07) is 16.1. The Bertz CT molecular complexity index is 1350. The molecular weight excluding hydrogens is 484 g/mol. The summed E-state index contributed by atoms with van der Waals surface area (Å²) in [6.07, 6.45) is 4.16. The van der Waals surface area contributed by atoms with Crippen LogP contribution in [0.1, 0.15) is 38.8 Å². The molecule has 37 heavy (non-hydrogen) atoms. The number of morpholine rings is 1. The Morgan fingerprint density at radius 1 is 1.11 bits per heavy atom. The van der Waals surface area contributed by atoms with Crippen LogP contribution in [0.5, 0.6) is 5.75 Å². The van der Waals surface area contributed by atoms with Crippen molar-refractivity contribution in [3.63, 3.8) is 0 Å². The number of carbonyl (C=O) groups excluding carboxylic acids is 1. The average molecular weight is 517 g/mol. The highest BCUT2D eigenvalue weighted by molar-refractivity contribution is 8.18. The van der Waals surface area contributed by atoms with Crippen LogP contribution >= 0.6 is 11.8 Å². The maximum Gasteiger partial charge on any atom is 0.286 e. The Labute approximate surface area is 222 Å². The second-order valence-electron chi connectivity index (χ2n) is 9.83. The zero-order chi connectivity index (χ0) is 26.1. The highest BCUT2D eigenvalue weighted by atomic mass is 32.2. The third-order valence-corrected chi connectivity index (χ3v) is 7.20. The molecule has 2 aliphatic heterocycles. The van der Waals surface area contributed by atoms with Crippen LogP contribution < -0.4 is 4.74 Å². The van der Waals surface area contributed by atoms with E-state index in [2.05, 4.69) is 16.0 Å². The fraction of sp³-hybridized carbons (Fsp3) is 0.345. The lowest BCUT2D eigenvalue weighted by atomic mass is 10.0. The van der Waals surface area contributed by atoms with Gasteiger partial charge in [0, 0.05) is 30.4 Å². The van der Waals surface area contributed by atoms with Gasteiger partial charge < -0.3 is 14.4 Å². The first-order valence-electron chi connectivity index (χ1n) is 12.6. The van der Waals surface area contributed by atoms with Gasteiger partial charge in [-0.15, -0.1) is 0 Å². The van der Waals surface area contributed by atoms with Gasteiger partial charge in [0.05, 0.1) is 28.9 Å². The largest absolute Gasteiger partial charge is 0.491 e. The molecule has 2 aromatic carbocycles. The molecule has 1 aromatic heterocycles. The van der Waals surface area contributed by atoms with Gasteiger partial charge in [0.25, 0.3) is 5.91 Å². The number of aryl methyl sites for hydroxylation is 1. The van der Waals surface area contributed by atoms with Gasteiger partial charge in [0.1, 0.15) is 11.4 Å². The maximum absolute atomic E-state index is 12.9. The van der Waals surface area contributed by atoms with E-state index in [0.717, 1.165) is 52.1 Å². The van der Waals surface area contributed by atoms with Crippen molar-refractivity contribution in [2.45, 2.75) is 52.9 Å². The summed E-state index contributed by atoms with van der Waals surface area (Å²) in [7, 11) is 0. The number of rotatable bonds is 5. The summed E-state index contributed by atoms with van der Waals surface area (Å²) in [5.74, 6) is 0.636. The summed E-state index contributed by atoms with van der Waals surface area (Å²) in [5.41, 5.74) is 4.60. The number of hydrogen-bond acceptors (Lipinski definition) is 6. The van der Waals surface area contributed by atoms with E-state index in [1.807, 2.05) is 94.0 Å². The van der Waals surface area contributed by atoms with E-state index in [4.69, 9.17) is 14.6 Å². The van der Waals surface area contributed by atoms with Crippen molar-refractivity contribution in [1.82, 2.24) is 14.7 Å². The Morgan fingerprint density at radius 3 is 2.51 bits per heavy atom. The van der Waals surface area contributed by atoms with Crippen LogP contribution in [0, 0.1) is 6.92 Å². The predicted molar refractivity (Wildman–Crippen MR) is 149 cm³/mol. The fourth-order valence-corrected chi connectivity index (χ4v) is 5.54. The molecule has 2 unspecified atom stereocenters. The Kier molecular flexibility index (Phi) is 7.22. The molecule has 1 amide bonds.